The summed E-state index contributed by atoms with van der Waals surface area (Å²) in [4.78, 5) is 14.6. The number of carbonyl (C=O) groups excluding carboxylic acids is 1. The number of pyridine rings is 1. The van der Waals surface area contributed by atoms with Crippen molar-refractivity contribution in [2.45, 2.75) is 18.1 Å². The van der Waals surface area contributed by atoms with Crippen molar-refractivity contribution < 1.29 is 36.2 Å². The monoisotopic (exact) mass is 363 g/mol. The molecule has 20 heavy (non-hydrogen) atoms. The molecule has 0 aromatic carbocycles. The molecule has 1 aromatic heterocycles. The Kier molecular flexibility index (Phi) is 5.26. The summed E-state index contributed by atoms with van der Waals surface area (Å²) in [5.41, 5.74) is -2.12. The number of carbonyl (C=O) groups is 1. The van der Waals surface area contributed by atoms with Crippen LogP contribution in [0.3, 0.4) is 0 Å². The minimum absolute atomic E-state index is 0.384. The molecule has 1 aromatic rings. The molecule has 4 nitrogen and oxygen atoms in total. The smallest absolute Gasteiger partial charge is 0.464 e. The largest absolute Gasteiger partial charge is 0.573 e. The van der Waals surface area contributed by atoms with Gasteiger partial charge in [-0.3, -0.25) is 0 Å². The van der Waals surface area contributed by atoms with E-state index >= 15 is 0 Å². The first-order valence-electron chi connectivity index (χ1n) is 4.91. The van der Waals surface area contributed by atoms with Crippen LogP contribution in [-0.4, -0.2) is 24.4 Å². The number of aromatic nitrogens is 1. The predicted octanol–water partition coefficient (Wildman–Crippen LogP) is 3.60. The normalized spacial score (nSPS) is 11.6. The minimum atomic E-state index is -5.16. The highest BCUT2D eigenvalue weighted by atomic mass is 79.9. The summed E-state index contributed by atoms with van der Waals surface area (Å²) in [6.07, 6.45) is -7.63. The van der Waals surface area contributed by atoms with Crippen molar-refractivity contribution in [2.24, 2.45) is 0 Å². The molecule has 0 radical (unpaired) electrons. The van der Waals surface area contributed by atoms with Crippen LogP contribution in [-0.2, 0) is 10.1 Å². The van der Waals surface area contributed by atoms with E-state index in [0.717, 1.165) is 7.11 Å². The minimum Gasteiger partial charge on any atom is -0.464 e. The molecule has 0 unspecified atom stereocenters. The number of hydrogen-bond acceptors (Lipinski definition) is 4. The number of rotatable bonds is 4. The number of alkyl halides is 6. The van der Waals surface area contributed by atoms with E-state index in [4.69, 9.17) is 0 Å². The van der Waals surface area contributed by atoms with Crippen molar-refractivity contribution in [1.82, 2.24) is 4.98 Å². The van der Waals surface area contributed by atoms with Gasteiger partial charge in [0.1, 0.15) is 0 Å². The van der Waals surface area contributed by atoms with Crippen LogP contribution in [0.2, 0.25) is 0 Å². The molecule has 0 saturated heterocycles. The predicted molar refractivity (Wildman–Crippen MR) is 59.8 cm³/mol. The van der Waals surface area contributed by atoms with Crippen LogP contribution in [0.5, 0.6) is 5.75 Å². The van der Waals surface area contributed by atoms with Crippen molar-refractivity contribution in [3.63, 3.8) is 0 Å². The van der Waals surface area contributed by atoms with E-state index < -0.39 is 41.3 Å². The maximum Gasteiger partial charge on any atom is 0.573 e. The van der Waals surface area contributed by atoms with Gasteiger partial charge < -0.3 is 9.47 Å². The van der Waals surface area contributed by atoms with E-state index in [2.05, 4.69) is 30.4 Å². The van der Waals surface area contributed by atoms with Crippen molar-refractivity contribution in [2.75, 3.05) is 7.11 Å². The second-order valence-electron chi connectivity index (χ2n) is 3.34. The highest BCUT2D eigenvalue weighted by Gasteiger charge is 2.36. The van der Waals surface area contributed by atoms with Gasteiger partial charge in [0.05, 0.1) is 7.11 Å². The van der Waals surface area contributed by atoms with Crippen molar-refractivity contribution in [3.8, 4) is 5.75 Å². The fourth-order valence-electron chi connectivity index (χ4n) is 1.34. The molecule has 1 heterocycles. The lowest BCUT2D eigenvalue weighted by Crippen LogP contribution is -2.22. The van der Waals surface area contributed by atoms with Crippen LogP contribution in [0.4, 0.5) is 22.0 Å². The van der Waals surface area contributed by atoms with Crippen LogP contribution in [0.15, 0.2) is 6.20 Å². The summed E-state index contributed by atoms with van der Waals surface area (Å²) in [7, 11) is 0.913. The third-order valence-electron chi connectivity index (χ3n) is 2.14. The SMILES string of the molecule is COC(=O)c1ncc(C(F)F)c(CBr)c1OC(F)(F)F. The van der Waals surface area contributed by atoms with Gasteiger partial charge in [-0.2, -0.15) is 0 Å². The molecule has 1 rings (SSSR count). The molecule has 0 spiro atoms. The van der Waals surface area contributed by atoms with E-state index in [1.165, 1.54) is 0 Å². The zero-order chi connectivity index (χ0) is 15.5. The third kappa shape index (κ3) is 3.78. The Morgan fingerprint density at radius 3 is 2.45 bits per heavy atom. The molecule has 0 aliphatic carbocycles. The summed E-state index contributed by atoms with van der Waals surface area (Å²) in [5, 5.41) is -0.384. The Hall–Kier alpha value is -1.45. The number of esters is 1. The number of ether oxygens (including phenoxy) is 2. The molecular formula is C10H7BrF5NO3. The van der Waals surface area contributed by atoms with Gasteiger partial charge in [0.2, 0.25) is 0 Å². The first kappa shape index (κ1) is 16.6. The highest BCUT2D eigenvalue weighted by molar-refractivity contribution is 9.08. The van der Waals surface area contributed by atoms with Crippen LogP contribution in [0.1, 0.15) is 28.0 Å². The molecule has 0 N–H and O–H groups in total. The van der Waals surface area contributed by atoms with Crippen molar-refractivity contribution in [3.05, 3.63) is 23.0 Å². The van der Waals surface area contributed by atoms with E-state index in [1.54, 1.807) is 0 Å². The summed E-state index contributed by atoms with van der Waals surface area (Å²) >= 11 is 2.78. The molecule has 0 atom stereocenters. The topological polar surface area (TPSA) is 48.4 Å². The van der Waals surface area contributed by atoms with Gasteiger partial charge in [-0.1, -0.05) is 15.9 Å². The van der Waals surface area contributed by atoms with Gasteiger partial charge in [0.15, 0.2) is 11.4 Å². The maximum atomic E-state index is 12.7. The zero-order valence-electron chi connectivity index (χ0n) is 9.80. The third-order valence-corrected chi connectivity index (χ3v) is 2.70. The molecule has 0 bridgehead atoms. The van der Waals surface area contributed by atoms with Gasteiger partial charge in [-0.05, 0) is 0 Å². The lowest BCUT2D eigenvalue weighted by Gasteiger charge is -2.17. The van der Waals surface area contributed by atoms with Crippen molar-refractivity contribution >= 4 is 21.9 Å². The Morgan fingerprint density at radius 2 is 2.05 bits per heavy atom. The van der Waals surface area contributed by atoms with Gasteiger partial charge >= 0.3 is 12.3 Å². The van der Waals surface area contributed by atoms with Crippen LogP contribution >= 0.6 is 15.9 Å². The molecular weight excluding hydrogens is 357 g/mol. The highest BCUT2D eigenvalue weighted by Crippen LogP contribution is 2.36. The lowest BCUT2D eigenvalue weighted by atomic mass is 10.1. The molecule has 0 aliphatic rings. The van der Waals surface area contributed by atoms with E-state index in [-0.39, 0.29) is 5.33 Å². The first-order valence-corrected chi connectivity index (χ1v) is 6.03. The Labute approximate surface area is 118 Å². The number of nitrogens with zero attached hydrogens (tertiary/aromatic N) is 1. The quantitative estimate of drug-likeness (QED) is 0.466. The molecule has 10 heteroatoms. The fourth-order valence-corrected chi connectivity index (χ4v) is 1.92. The average Bonchev–Trinajstić information content (AvgIpc) is 2.35. The zero-order valence-corrected chi connectivity index (χ0v) is 11.4. The Bertz CT molecular complexity index is 506. The van der Waals surface area contributed by atoms with Gasteiger partial charge in [-0.15, -0.1) is 13.2 Å². The van der Waals surface area contributed by atoms with E-state index in [9.17, 15) is 26.7 Å². The molecule has 0 fully saturated rings. The lowest BCUT2D eigenvalue weighted by molar-refractivity contribution is -0.275. The molecule has 0 aliphatic heterocycles. The Morgan fingerprint density at radius 1 is 1.45 bits per heavy atom. The average molecular weight is 364 g/mol. The summed E-state index contributed by atoms with van der Waals surface area (Å²) in [6, 6.07) is 0. The van der Waals surface area contributed by atoms with E-state index in [0.29, 0.717) is 6.20 Å². The summed E-state index contributed by atoms with van der Waals surface area (Å²) in [6.45, 7) is 0. The fraction of sp³-hybridized carbons (Fsp3) is 0.400. The van der Waals surface area contributed by atoms with Crippen molar-refractivity contribution in [1.29, 1.82) is 0 Å². The van der Waals surface area contributed by atoms with Crippen LogP contribution < -0.4 is 4.74 Å². The second kappa shape index (κ2) is 6.33. The molecule has 0 saturated carbocycles. The number of halogens is 6. The number of hydrogen-bond donors (Lipinski definition) is 0. The second-order valence-corrected chi connectivity index (χ2v) is 3.90. The van der Waals surface area contributed by atoms with Crippen LogP contribution in [0, 0.1) is 0 Å². The standard InChI is InChI=1S/C10H7BrF5NO3/c1-19-9(18)6-7(20-10(14,15)16)4(2-11)5(3-17-6)8(12)13/h3,8H,2H2,1H3. The maximum absolute atomic E-state index is 12.7. The van der Waals surface area contributed by atoms with Crippen LogP contribution in [0.25, 0.3) is 0 Å². The van der Waals surface area contributed by atoms with Gasteiger partial charge in [-0.25, -0.2) is 18.6 Å². The molecule has 0 amide bonds. The molecule has 112 valence electrons. The first-order chi connectivity index (χ1) is 9.21. The Balaban J connectivity index is 3.51. The van der Waals surface area contributed by atoms with Gasteiger partial charge in [0.25, 0.3) is 6.43 Å². The summed E-state index contributed by atoms with van der Waals surface area (Å²) < 4.78 is 70.3. The number of methoxy groups -OCH3 is 1. The summed E-state index contributed by atoms with van der Waals surface area (Å²) in [5.74, 6) is -2.33. The van der Waals surface area contributed by atoms with E-state index in [1.807, 2.05) is 0 Å². The van der Waals surface area contributed by atoms with Gasteiger partial charge in [0, 0.05) is 22.7 Å².